The molecule has 0 bridgehead atoms. The third kappa shape index (κ3) is 9.39. The lowest BCUT2D eigenvalue weighted by atomic mass is 10.1. The number of carbonyl (C=O) groups excluding carboxylic acids is 2. The minimum absolute atomic E-state index is 0.0176. The largest absolute Gasteiger partial charge is 0.396 e. The summed E-state index contributed by atoms with van der Waals surface area (Å²) < 4.78 is 0. The summed E-state index contributed by atoms with van der Waals surface area (Å²) in [7, 11) is 0. The second-order valence-electron chi connectivity index (χ2n) is 3.22. The van der Waals surface area contributed by atoms with E-state index in [0.29, 0.717) is 17.7 Å². The van der Waals surface area contributed by atoms with Gasteiger partial charge in [-0.15, -0.1) is 0 Å². The van der Waals surface area contributed by atoms with Gasteiger partial charge in [0.25, 0.3) is 0 Å². The highest BCUT2D eigenvalue weighted by Crippen LogP contribution is 2.05. The van der Waals surface area contributed by atoms with Crippen molar-refractivity contribution in [2.45, 2.75) is 27.2 Å². The summed E-state index contributed by atoms with van der Waals surface area (Å²) in [6.45, 7) is 6.25. The van der Waals surface area contributed by atoms with Gasteiger partial charge in [0.15, 0.2) is 5.78 Å². The van der Waals surface area contributed by atoms with E-state index in [1.165, 1.54) is 12.1 Å². The minimum Gasteiger partial charge on any atom is -0.396 e. The van der Waals surface area contributed by atoms with Crippen LogP contribution >= 0.6 is 15.9 Å². The van der Waals surface area contributed by atoms with Gasteiger partial charge in [-0.05, 0) is 18.6 Å². The number of ketones is 1. The van der Waals surface area contributed by atoms with E-state index in [2.05, 4.69) is 15.9 Å². The van der Waals surface area contributed by atoms with E-state index in [4.69, 9.17) is 10.8 Å². The van der Waals surface area contributed by atoms with Crippen LogP contribution in [0.15, 0.2) is 24.3 Å². The Labute approximate surface area is 123 Å². The van der Waals surface area contributed by atoms with Crippen molar-refractivity contribution in [2.24, 2.45) is 5.73 Å². The SMILES string of the molecule is CC.CCCO.NC(=O)c1ccc(C(=O)CBr)cc1. The third-order valence-corrected chi connectivity index (χ3v) is 2.35. The van der Waals surface area contributed by atoms with Crippen LogP contribution in [-0.4, -0.2) is 28.7 Å². The number of aliphatic hydroxyl groups excluding tert-OH is 1. The molecule has 19 heavy (non-hydrogen) atoms. The van der Waals surface area contributed by atoms with Gasteiger partial charge in [-0.2, -0.15) is 0 Å². The first-order valence-electron chi connectivity index (χ1n) is 6.16. The molecule has 4 nitrogen and oxygen atoms in total. The number of Topliss-reactive ketones (excluding diaryl/α,β-unsaturated/α-hetero) is 1. The van der Waals surface area contributed by atoms with Crippen LogP contribution in [0.3, 0.4) is 0 Å². The highest BCUT2D eigenvalue weighted by Gasteiger charge is 2.04. The number of halogens is 1. The normalized spacial score (nSPS) is 8.47. The van der Waals surface area contributed by atoms with Gasteiger partial charge in [-0.25, -0.2) is 0 Å². The first-order chi connectivity index (χ1) is 9.06. The molecule has 0 aliphatic carbocycles. The van der Waals surface area contributed by atoms with Crippen molar-refractivity contribution >= 4 is 27.6 Å². The van der Waals surface area contributed by atoms with E-state index in [1.807, 2.05) is 20.8 Å². The zero-order valence-corrected chi connectivity index (χ0v) is 13.2. The lowest BCUT2D eigenvalue weighted by molar-refractivity contribution is 0.0994. The predicted molar refractivity (Wildman–Crippen MR) is 81.8 cm³/mol. The van der Waals surface area contributed by atoms with Crippen molar-refractivity contribution in [1.82, 2.24) is 0 Å². The van der Waals surface area contributed by atoms with E-state index < -0.39 is 5.91 Å². The summed E-state index contributed by atoms with van der Waals surface area (Å²) >= 11 is 3.06. The molecule has 5 heteroatoms. The van der Waals surface area contributed by atoms with E-state index in [-0.39, 0.29) is 11.1 Å². The van der Waals surface area contributed by atoms with Gasteiger partial charge in [0.05, 0.1) is 5.33 Å². The molecule has 1 aromatic rings. The molecule has 0 saturated heterocycles. The topological polar surface area (TPSA) is 80.4 Å². The molecule has 0 spiro atoms. The molecule has 0 aliphatic heterocycles. The summed E-state index contributed by atoms with van der Waals surface area (Å²) in [6.07, 6.45) is 0.875. The predicted octanol–water partition coefficient (Wildman–Crippen LogP) is 2.78. The summed E-state index contributed by atoms with van der Waals surface area (Å²) in [5.41, 5.74) is 6.02. The lowest BCUT2D eigenvalue weighted by Gasteiger charge is -1.98. The number of hydrogen-bond donors (Lipinski definition) is 2. The van der Waals surface area contributed by atoms with Gasteiger partial charge in [0, 0.05) is 17.7 Å². The summed E-state index contributed by atoms with van der Waals surface area (Å²) in [4.78, 5) is 21.8. The number of rotatable bonds is 4. The monoisotopic (exact) mass is 331 g/mol. The summed E-state index contributed by atoms with van der Waals surface area (Å²) in [5.74, 6) is -0.506. The molecule has 0 radical (unpaired) electrons. The quantitative estimate of drug-likeness (QED) is 0.657. The Kier molecular flexibility index (Phi) is 14.0. The maximum absolute atomic E-state index is 11.1. The van der Waals surface area contributed by atoms with Crippen LogP contribution in [0.1, 0.15) is 47.9 Å². The molecular formula is C14H22BrNO3. The van der Waals surface area contributed by atoms with Crippen molar-refractivity contribution in [2.75, 3.05) is 11.9 Å². The highest BCUT2D eigenvalue weighted by molar-refractivity contribution is 9.09. The van der Waals surface area contributed by atoms with Gasteiger partial charge < -0.3 is 10.8 Å². The van der Waals surface area contributed by atoms with Crippen LogP contribution in [0.25, 0.3) is 0 Å². The van der Waals surface area contributed by atoms with E-state index in [1.54, 1.807) is 12.1 Å². The van der Waals surface area contributed by atoms with Crippen LogP contribution in [-0.2, 0) is 0 Å². The van der Waals surface area contributed by atoms with E-state index in [9.17, 15) is 9.59 Å². The zero-order valence-electron chi connectivity index (χ0n) is 11.6. The number of amides is 1. The number of alkyl halides is 1. The van der Waals surface area contributed by atoms with Crippen molar-refractivity contribution in [3.8, 4) is 0 Å². The molecular weight excluding hydrogens is 310 g/mol. The summed E-state index contributed by atoms with van der Waals surface area (Å²) in [6, 6.07) is 6.25. The summed E-state index contributed by atoms with van der Waals surface area (Å²) in [5, 5.41) is 8.16. The Morgan fingerprint density at radius 3 is 1.79 bits per heavy atom. The van der Waals surface area contributed by atoms with Crippen molar-refractivity contribution in [1.29, 1.82) is 0 Å². The Balaban J connectivity index is 0. The van der Waals surface area contributed by atoms with Gasteiger partial charge >= 0.3 is 0 Å². The Morgan fingerprint density at radius 2 is 1.53 bits per heavy atom. The Morgan fingerprint density at radius 1 is 1.16 bits per heavy atom. The fourth-order valence-electron chi connectivity index (χ4n) is 0.898. The highest BCUT2D eigenvalue weighted by atomic mass is 79.9. The van der Waals surface area contributed by atoms with Crippen LogP contribution < -0.4 is 5.73 Å². The number of primary amides is 1. The second-order valence-corrected chi connectivity index (χ2v) is 3.78. The first kappa shape index (κ1) is 20.1. The molecule has 1 aromatic carbocycles. The van der Waals surface area contributed by atoms with Crippen molar-refractivity contribution in [3.63, 3.8) is 0 Å². The molecule has 0 unspecified atom stereocenters. The number of benzene rings is 1. The second kappa shape index (κ2) is 13.2. The van der Waals surface area contributed by atoms with Crippen LogP contribution in [0, 0.1) is 0 Å². The Bertz CT molecular complexity index is 361. The smallest absolute Gasteiger partial charge is 0.248 e. The standard InChI is InChI=1S/C9H8BrNO2.C3H8O.C2H6/c10-5-8(12)6-1-3-7(4-2-6)9(11)13;1-2-3-4;1-2/h1-4H,5H2,(H2,11,13);4H,2-3H2,1H3;1-2H3. The molecule has 0 aliphatic rings. The first-order valence-corrected chi connectivity index (χ1v) is 7.28. The molecule has 0 aromatic heterocycles. The molecule has 0 atom stereocenters. The van der Waals surface area contributed by atoms with Crippen LogP contribution in [0.4, 0.5) is 0 Å². The third-order valence-electron chi connectivity index (χ3n) is 1.84. The van der Waals surface area contributed by atoms with E-state index in [0.717, 1.165) is 6.42 Å². The van der Waals surface area contributed by atoms with Crippen molar-refractivity contribution < 1.29 is 14.7 Å². The van der Waals surface area contributed by atoms with Gasteiger partial charge in [0.2, 0.25) is 5.91 Å². The number of aliphatic hydroxyl groups is 1. The molecule has 0 saturated carbocycles. The van der Waals surface area contributed by atoms with Gasteiger partial charge in [-0.1, -0.05) is 48.8 Å². The minimum atomic E-state index is -0.488. The fraction of sp³-hybridized carbons (Fsp3) is 0.429. The van der Waals surface area contributed by atoms with E-state index >= 15 is 0 Å². The lowest BCUT2D eigenvalue weighted by Crippen LogP contribution is -2.11. The molecule has 0 fully saturated rings. The zero-order chi connectivity index (χ0) is 15.3. The molecule has 0 heterocycles. The average molecular weight is 332 g/mol. The molecule has 3 N–H and O–H groups in total. The van der Waals surface area contributed by atoms with Gasteiger partial charge in [-0.3, -0.25) is 9.59 Å². The number of hydrogen-bond acceptors (Lipinski definition) is 3. The number of carbonyl (C=O) groups is 2. The average Bonchev–Trinajstić information content (AvgIpc) is 2.48. The molecule has 1 rings (SSSR count). The Hall–Kier alpha value is -1.20. The fourth-order valence-corrected chi connectivity index (χ4v) is 1.22. The molecule has 108 valence electrons. The van der Waals surface area contributed by atoms with Crippen LogP contribution in [0.5, 0.6) is 0 Å². The number of nitrogens with two attached hydrogens (primary N) is 1. The molecule has 1 amide bonds. The van der Waals surface area contributed by atoms with Crippen LogP contribution in [0.2, 0.25) is 0 Å². The maximum Gasteiger partial charge on any atom is 0.248 e. The van der Waals surface area contributed by atoms with Crippen molar-refractivity contribution in [3.05, 3.63) is 35.4 Å². The van der Waals surface area contributed by atoms with Gasteiger partial charge in [0.1, 0.15) is 0 Å². The maximum atomic E-state index is 11.1.